The fraction of sp³-hybridized carbons (Fsp3) is 0.500. The molecule has 0 unspecified atom stereocenters. The van der Waals surface area contributed by atoms with E-state index in [4.69, 9.17) is 4.42 Å². The molecule has 1 aliphatic heterocycles. The second-order valence-corrected chi connectivity index (χ2v) is 10.5. The largest absolute Gasteiger partial charge is 0.412 e. The highest BCUT2D eigenvalue weighted by molar-refractivity contribution is 7.90. The number of hydrogen-bond acceptors (Lipinski definition) is 7. The third-order valence-corrected chi connectivity index (χ3v) is 7.05. The van der Waals surface area contributed by atoms with Crippen LogP contribution in [0.25, 0.3) is 0 Å². The van der Waals surface area contributed by atoms with Gasteiger partial charge in [0.2, 0.25) is 25.8 Å². The summed E-state index contributed by atoms with van der Waals surface area (Å²) >= 11 is 0. The fourth-order valence-corrected chi connectivity index (χ4v) is 4.89. The van der Waals surface area contributed by atoms with E-state index < -0.39 is 25.1 Å². The smallest absolute Gasteiger partial charge is 0.335 e. The molecule has 2 aromatic rings. The van der Waals surface area contributed by atoms with Gasteiger partial charge in [0.15, 0.2) is 0 Å². The highest BCUT2D eigenvalue weighted by Crippen LogP contribution is 2.29. The Labute approximate surface area is 153 Å². The molecule has 1 aromatic carbocycles. The van der Waals surface area contributed by atoms with Crippen molar-refractivity contribution >= 4 is 19.9 Å². The third kappa shape index (κ3) is 4.30. The van der Waals surface area contributed by atoms with Gasteiger partial charge >= 0.3 is 5.22 Å². The summed E-state index contributed by atoms with van der Waals surface area (Å²) in [6, 6.07) is 7.44. The molecule has 1 fully saturated rings. The Hall–Kier alpha value is -1.78. The van der Waals surface area contributed by atoms with Crippen LogP contribution in [-0.4, -0.2) is 50.7 Å². The summed E-state index contributed by atoms with van der Waals surface area (Å²) in [6.07, 6.45) is 2.03. The molecular formula is C16H21N3O5S2. The van der Waals surface area contributed by atoms with Crippen LogP contribution in [0.4, 0.5) is 0 Å². The average Bonchev–Trinajstić information content (AvgIpc) is 3.07. The highest BCUT2D eigenvalue weighted by atomic mass is 32.2. The van der Waals surface area contributed by atoms with Crippen LogP contribution < -0.4 is 0 Å². The molecule has 0 amide bonds. The molecule has 0 spiro atoms. The Balaban J connectivity index is 1.64. The molecule has 8 nitrogen and oxygen atoms in total. The molecular weight excluding hydrogens is 378 g/mol. The van der Waals surface area contributed by atoms with Crippen molar-refractivity contribution in [2.24, 2.45) is 0 Å². The number of sulfonamides is 1. The molecule has 3 rings (SSSR count). The lowest BCUT2D eigenvalue weighted by Gasteiger charge is -2.29. The zero-order valence-corrected chi connectivity index (χ0v) is 16.3. The predicted molar refractivity (Wildman–Crippen MR) is 94.8 cm³/mol. The van der Waals surface area contributed by atoms with E-state index in [0.717, 1.165) is 17.4 Å². The van der Waals surface area contributed by atoms with Crippen molar-refractivity contribution in [3.8, 4) is 0 Å². The molecule has 1 saturated heterocycles. The van der Waals surface area contributed by atoms with Gasteiger partial charge in [0.1, 0.15) is 0 Å². The van der Waals surface area contributed by atoms with Gasteiger partial charge in [-0.05, 0) is 25.3 Å². The standard InChI is InChI=1S/C16H21N3O5S2/c1-12-3-5-13(6-4-12)11-26(22,23)19-9-7-14(8-10-19)15-17-18-16(24-15)25(2,20)21/h3-6,14H,7-11H2,1-2H3. The zero-order chi connectivity index (χ0) is 18.9. The summed E-state index contributed by atoms with van der Waals surface area (Å²) in [6.45, 7) is 2.64. The SMILES string of the molecule is Cc1ccc(CS(=O)(=O)N2CCC(c3nnc(S(C)(=O)=O)o3)CC2)cc1. The van der Waals surface area contributed by atoms with Crippen LogP contribution >= 0.6 is 0 Å². The van der Waals surface area contributed by atoms with Crippen LogP contribution in [0, 0.1) is 6.92 Å². The number of aromatic nitrogens is 2. The van der Waals surface area contributed by atoms with Gasteiger partial charge < -0.3 is 4.42 Å². The minimum absolute atomic E-state index is 0.0310. The minimum Gasteiger partial charge on any atom is -0.412 e. The van der Waals surface area contributed by atoms with Crippen LogP contribution in [0.5, 0.6) is 0 Å². The van der Waals surface area contributed by atoms with Gasteiger partial charge in [-0.2, -0.15) is 0 Å². The van der Waals surface area contributed by atoms with E-state index >= 15 is 0 Å². The Morgan fingerprint density at radius 1 is 1.08 bits per heavy atom. The summed E-state index contributed by atoms with van der Waals surface area (Å²) < 4.78 is 54.8. The van der Waals surface area contributed by atoms with Crippen LogP contribution in [0.15, 0.2) is 33.9 Å². The summed E-state index contributed by atoms with van der Waals surface area (Å²) in [4.78, 5) is 0. The molecule has 10 heteroatoms. The molecule has 0 saturated carbocycles. The van der Waals surface area contributed by atoms with Crippen molar-refractivity contribution < 1.29 is 21.3 Å². The van der Waals surface area contributed by atoms with Crippen molar-refractivity contribution in [3.63, 3.8) is 0 Å². The maximum absolute atomic E-state index is 12.6. The Kier molecular flexibility index (Phi) is 5.18. The normalized spacial score (nSPS) is 17.5. The van der Waals surface area contributed by atoms with Gasteiger partial charge in [0.25, 0.3) is 0 Å². The second-order valence-electron chi connectivity index (χ2n) is 6.59. The van der Waals surface area contributed by atoms with Gasteiger partial charge in [-0.3, -0.25) is 0 Å². The van der Waals surface area contributed by atoms with Crippen LogP contribution in [0.1, 0.15) is 35.8 Å². The van der Waals surface area contributed by atoms with Crippen LogP contribution in [-0.2, 0) is 25.6 Å². The third-order valence-electron chi connectivity index (χ3n) is 4.41. The van der Waals surface area contributed by atoms with E-state index in [1.54, 1.807) is 0 Å². The highest BCUT2D eigenvalue weighted by Gasteiger charge is 2.31. The quantitative estimate of drug-likeness (QED) is 0.749. The molecule has 26 heavy (non-hydrogen) atoms. The molecule has 0 N–H and O–H groups in total. The first kappa shape index (κ1) is 19.0. The number of nitrogens with zero attached hydrogens (tertiary/aromatic N) is 3. The number of rotatable bonds is 5. The van der Waals surface area contributed by atoms with Gasteiger partial charge in [-0.15, -0.1) is 5.10 Å². The Bertz CT molecular complexity index is 973. The minimum atomic E-state index is -3.54. The lowest BCUT2D eigenvalue weighted by atomic mass is 9.98. The Morgan fingerprint density at radius 2 is 1.69 bits per heavy atom. The van der Waals surface area contributed by atoms with Gasteiger partial charge in [-0.25, -0.2) is 21.1 Å². The average molecular weight is 399 g/mol. The van der Waals surface area contributed by atoms with Crippen molar-refractivity contribution in [1.82, 2.24) is 14.5 Å². The van der Waals surface area contributed by atoms with Crippen LogP contribution in [0.2, 0.25) is 0 Å². The number of aryl methyl sites for hydroxylation is 1. The monoisotopic (exact) mass is 399 g/mol. The Morgan fingerprint density at radius 3 is 2.23 bits per heavy atom. The first-order valence-electron chi connectivity index (χ1n) is 8.22. The van der Waals surface area contributed by atoms with E-state index in [-0.39, 0.29) is 17.6 Å². The first-order valence-corrected chi connectivity index (χ1v) is 11.7. The summed E-state index contributed by atoms with van der Waals surface area (Å²) in [5, 5.41) is 6.96. The lowest BCUT2D eigenvalue weighted by molar-refractivity contribution is 0.278. The van der Waals surface area contributed by atoms with E-state index in [2.05, 4.69) is 10.2 Å². The molecule has 0 radical (unpaired) electrons. The van der Waals surface area contributed by atoms with Crippen molar-refractivity contribution in [1.29, 1.82) is 0 Å². The summed E-state index contributed by atoms with van der Waals surface area (Å²) in [5.74, 6) is 0.0846. The van der Waals surface area contributed by atoms with Crippen molar-refractivity contribution in [2.75, 3.05) is 19.3 Å². The fourth-order valence-electron chi connectivity index (χ4n) is 2.90. The van der Waals surface area contributed by atoms with Gasteiger partial charge in [0.05, 0.1) is 5.75 Å². The molecule has 142 valence electrons. The molecule has 1 aromatic heterocycles. The maximum atomic E-state index is 12.6. The molecule has 1 aliphatic rings. The topological polar surface area (TPSA) is 110 Å². The number of benzene rings is 1. The van der Waals surface area contributed by atoms with E-state index in [1.807, 2.05) is 31.2 Å². The zero-order valence-electron chi connectivity index (χ0n) is 14.6. The van der Waals surface area contributed by atoms with Gasteiger partial charge in [-0.1, -0.05) is 34.9 Å². The molecule has 2 heterocycles. The number of hydrogen-bond donors (Lipinski definition) is 0. The van der Waals surface area contributed by atoms with Crippen LogP contribution in [0.3, 0.4) is 0 Å². The predicted octanol–water partition coefficient (Wildman–Crippen LogP) is 1.49. The van der Waals surface area contributed by atoms with Crippen molar-refractivity contribution in [2.45, 2.75) is 36.7 Å². The second kappa shape index (κ2) is 7.09. The van der Waals surface area contributed by atoms with Gasteiger partial charge in [0, 0.05) is 25.3 Å². The van der Waals surface area contributed by atoms with E-state index in [1.165, 1.54) is 4.31 Å². The lowest BCUT2D eigenvalue weighted by Crippen LogP contribution is -2.38. The van der Waals surface area contributed by atoms with E-state index in [0.29, 0.717) is 25.9 Å². The summed E-state index contributed by atoms with van der Waals surface area (Å²) in [7, 11) is -6.94. The van der Waals surface area contributed by atoms with Crippen molar-refractivity contribution in [3.05, 3.63) is 41.3 Å². The first-order chi connectivity index (χ1) is 12.1. The molecule has 0 bridgehead atoms. The molecule has 0 atom stereocenters. The summed E-state index contributed by atoms with van der Waals surface area (Å²) in [5.41, 5.74) is 1.84. The molecule has 0 aliphatic carbocycles. The number of sulfone groups is 1. The number of piperidine rings is 1. The van der Waals surface area contributed by atoms with E-state index in [9.17, 15) is 16.8 Å². The maximum Gasteiger partial charge on any atom is 0.335 e.